The fourth-order valence-electron chi connectivity index (χ4n) is 3.89. The average molecular weight is 369 g/mol. The highest BCUT2D eigenvalue weighted by Crippen LogP contribution is 2.28. The maximum Gasteiger partial charge on any atom is 0.342 e. The van der Waals surface area contributed by atoms with Crippen molar-refractivity contribution >= 4 is 22.6 Å². The monoisotopic (exact) mass is 369 g/mol. The Morgan fingerprint density at radius 3 is 2.26 bits per heavy atom. The Bertz CT molecular complexity index is 837. The zero-order chi connectivity index (χ0) is 19.6. The molecule has 0 saturated carbocycles. The smallest absolute Gasteiger partial charge is 0.342 e. The predicted octanol–water partition coefficient (Wildman–Crippen LogP) is 4.18. The number of carbonyl (C=O) groups is 2. The summed E-state index contributed by atoms with van der Waals surface area (Å²) in [6.45, 7) is 5.74. The molecule has 0 spiro atoms. The SMILES string of the molecule is COc1cc2ccccc2cc1C(=O)O[C@H](C)C(=O)N1[C@H](C)CCC[C@@H]1C. The van der Waals surface area contributed by atoms with Gasteiger partial charge in [-0.05, 0) is 62.9 Å². The van der Waals surface area contributed by atoms with Crippen molar-refractivity contribution in [3.8, 4) is 5.75 Å². The average Bonchev–Trinajstić information content (AvgIpc) is 2.66. The van der Waals surface area contributed by atoms with E-state index in [0.29, 0.717) is 11.3 Å². The van der Waals surface area contributed by atoms with Crippen molar-refractivity contribution in [1.29, 1.82) is 0 Å². The van der Waals surface area contributed by atoms with E-state index in [1.54, 1.807) is 13.0 Å². The molecule has 1 heterocycles. The van der Waals surface area contributed by atoms with Crippen LogP contribution in [0.4, 0.5) is 0 Å². The minimum absolute atomic E-state index is 0.136. The van der Waals surface area contributed by atoms with E-state index in [-0.39, 0.29) is 18.0 Å². The largest absolute Gasteiger partial charge is 0.496 e. The summed E-state index contributed by atoms with van der Waals surface area (Å²) in [4.78, 5) is 27.5. The third-order valence-corrected chi connectivity index (χ3v) is 5.37. The number of hydrogen-bond acceptors (Lipinski definition) is 4. The Morgan fingerprint density at radius 2 is 1.67 bits per heavy atom. The van der Waals surface area contributed by atoms with E-state index in [9.17, 15) is 9.59 Å². The van der Waals surface area contributed by atoms with E-state index in [1.807, 2.05) is 35.2 Å². The van der Waals surface area contributed by atoms with Crippen LogP contribution in [0.15, 0.2) is 36.4 Å². The van der Waals surface area contributed by atoms with Crippen molar-refractivity contribution in [3.05, 3.63) is 42.0 Å². The normalized spacial score (nSPS) is 21.0. The molecule has 1 saturated heterocycles. The molecule has 1 aliphatic rings. The molecule has 0 N–H and O–H groups in total. The Hall–Kier alpha value is -2.56. The van der Waals surface area contributed by atoms with E-state index in [2.05, 4.69) is 13.8 Å². The Morgan fingerprint density at radius 1 is 1.07 bits per heavy atom. The van der Waals surface area contributed by atoms with Gasteiger partial charge < -0.3 is 14.4 Å². The van der Waals surface area contributed by atoms with Crippen LogP contribution in [0.25, 0.3) is 10.8 Å². The lowest BCUT2D eigenvalue weighted by molar-refractivity contribution is -0.146. The van der Waals surface area contributed by atoms with Crippen molar-refractivity contribution in [1.82, 2.24) is 4.90 Å². The lowest BCUT2D eigenvalue weighted by atomic mass is 9.97. The van der Waals surface area contributed by atoms with E-state index in [0.717, 1.165) is 30.0 Å². The summed E-state index contributed by atoms with van der Waals surface area (Å²) in [5.41, 5.74) is 0.329. The maximum atomic E-state index is 12.9. The number of methoxy groups -OCH3 is 1. The number of rotatable bonds is 4. The number of esters is 1. The topological polar surface area (TPSA) is 55.8 Å². The fourth-order valence-corrected chi connectivity index (χ4v) is 3.89. The number of likely N-dealkylation sites (tertiary alicyclic amines) is 1. The minimum Gasteiger partial charge on any atom is -0.496 e. The van der Waals surface area contributed by atoms with Gasteiger partial charge in [-0.1, -0.05) is 24.3 Å². The molecule has 2 aromatic carbocycles. The zero-order valence-electron chi connectivity index (χ0n) is 16.4. The Labute approximate surface area is 160 Å². The number of ether oxygens (including phenoxy) is 2. The first-order chi connectivity index (χ1) is 12.9. The molecule has 1 amide bonds. The lowest BCUT2D eigenvalue weighted by Gasteiger charge is -2.40. The molecular formula is C22H27NO4. The van der Waals surface area contributed by atoms with E-state index in [1.165, 1.54) is 7.11 Å². The van der Waals surface area contributed by atoms with Gasteiger partial charge in [-0.2, -0.15) is 0 Å². The van der Waals surface area contributed by atoms with E-state index in [4.69, 9.17) is 9.47 Å². The van der Waals surface area contributed by atoms with Gasteiger partial charge in [0, 0.05) is 12.1 Å². The molecule has 144 valence electrons. The zero-order valence-corrected chi connectivity index (χ0v) is 16.4. The van der Waals surface area contributed by atoms with Crippen molar-refractivity contribution < 1.29 is 19.1 Å². The van der Waals surface area contributed by atoms with E-state index >= 15 is 0 Å². The van der Waals surface area contributed by atoms with Gasteiger partial charge in [0.2, 0.25) is 0 Å². The quantitative estimate of drug-likeness (QED) is 0.759. The highest BCUT2D eigenvalue weighted by molar-refractivity contribution is 5.99. The molecule has 1 fully saturated rings. The highest BCUT2D eigenvalue weighted by atomic mass is 16.5. The second kappa shape index (κ2) is 7.99. The maximum absolute atomic E-state index is 12.9. The molecule has 0 radical (unpaired) electrons. The number of hydrogen-bond donors (Lipinski definition) is 0. The molecule has 3 rings (SSSR count). The van der Waals surface area contributed by atoms with Crippen molar-refractivity contribution in [3.63, 3.8) is 0 Å². The fraction of sp³-hybridized carbons (Fsp3) is 0.455. The van der Waals surface area contributed by atoms with Gasteiger partial charge in [-0.25, -0.2) is 4.79 Å². The van der Waals surface area contributed by atoms with Crippen LogP contribution < -0.4 is 4.74 Å². The first-order valence-electron chi connectivity index (χ1n) is 9.52. The molecule has 27 heavy (non-hydrogen) atoms. The van der Waals surface area contributed by atoms with Gasteiger partial charge in [-0.3, -0.25) is 4.79 Å². The number of fused-ring (bicyclic) bond motifs is 1. The van der Waals surface area contributed by atoms with Gasteiger partial charge in [0.1, 0.15) is 11.3 Å². The molecule has 0 unspecified atom stereocenters. The van der Waals surface area contributed by atoms with Gasteiger partial charge in [0.05, 0.1) is 7.11 Å². The molecule has 1 aliphatic heterocycles. The van der Waals surface area contributed by atoms with Gasteiger partial charge in [0.15, 0.2) is 6.10 Å². The summed E-state index contributed by atoms with van der Waals surface area (Å²) in [5, 5.41) is 1.90. The summed E-state index contributed by atoms with van der Waals surface area (Å²) >= 11 is 0. The van der Waals surface area contributed by atoms with Crippen LogP contribution in [0.5, 0.6) is 5.75 Å². The van der Waals surface area contributed by atoms with Gasteiger partial charge in [-0.15, -0.1) is 0 Å². The molecule has 0 aliphatic carbocycles. The number of carbonyl (C=O) groups excluding carboxylic acids is 2. The van der Waals surface area contributed by atoms with E-state index < -0.39 is 12.1 Å². The van der Waals surface area contributed by atoms with Crippen LogP contribution in [0, 0.1) is 0 Å². The first-order valence-corrected chi connectivity index (χ1v) is 9.52. The van der Waals surface area contributed by atoms with Gasteiger partial charge >= 0.3 is 5.97 Å². The summed E-state index contributed by atoms with van der Waals surface area (Å²) in [7, 11) is 1.52. The Balaban J connectivity index is 1.80. The van der Waals surface area contributed by atoms with Crippen LogP contribution in [0.2, 0.25) is 0 Å². The van der Waals surface area contributed by atoms with Crippen molar-refractivity contribution in [2.75, 3.05) is 7.11 Å². The predicted molar refractivity (Wildman–Crippen MR) is 105 cm³/mol. The number of nitrogens with zero attached hydrogens (tertiary/aromatic N) is 1. The third-order valence-electron chi connectivity index (χ3n) is 5.37. The molecule has 5 nitrogen and oxygen atoms in total. The Kier molecular flexibility index (Phi) is 5.68. The van der Waals surface area contributed by atoms with Crippen LogP contribution >= 0.6 is 0 Å². The molecular weight excluding hydrogens is 342 g/mol. The van der Waals surface area contributed by atoms with Crippen LogP contribution in [0.1, 0.15) is 50.4 Å². The molecule has 5 heteroatoms. The molecule has 0 aromatic heterocycles. The van der Waals surface area contributed by atoms with Crippen molar-refractivity contribution in [2.45, 2.75) is 58.2 Å². The molecule has 0 bridgehead atoms. The molecule has 3 atom stereocenters. The van der Waals surface area contributed by atoms with Gasteiger partial charge in [0.25, 0.3) is 5.91 Å². The number of benzene rings is 2. The third kappa shape index (κ3) is 3.92. The second-order valence-corrected chi connectivity index (χ2v) is 7.32. The summed E-state index contributed by atoms with van der Waals surface area (Å²) in [6.07, 6.45) is 2.25. The van der Waals surface area contributed by atoms with Crippen LogP contribution in [-0.4, -0.2) is 42.1 Å². The van der Waals surface area contributed by atoms with Crippen LogP contribution in [0.3, 0.4) is 0 Å². The lowest BCUT2D eigenvalue weighted by Crippen LogP contribution is -2.51. The van der Waals surface area contributed by atoms with Crippen molar-refractivity contribution in [2.24, 2.45) is 0 Å². The number of piperidine rings is 1. The standard InChI is InChI=1S/C22H27NO4/c1-14-8-7-9-15(2)23(14)21(24)16(3)27-22(25)19-12-17-10-5-6-11-18(17)13-20(19)26-4/h5-6,10-16H,7-9H2,1-4H3/t14-,15+,16-/m1/s1. The summed E-state index contributed by atoms with van der Waals surface area (Å²) < 4.78 is 10.9. The highest BCUT2D eigenvalue weighted by Gasteiger charge is 2.33. The molecule has 2 aromatic rings. The second-order valence-electron chi connectivity index (χ2n) is 7.32. The first kappa shape index (κ1) is 19.2. The van der Waals surface area contributed by atoms with Crippen LogP contribution in [-0.2, 0) is 9.53 Å². The summed E-state index contributed by atoms with van der Waals surface area (Å²) in [5.74, 6) is -0.239. The minimum atomic E-state index is -0.836. The summed E-state index contributed by atoms with van der Waals surface area (Å²) in [6, 6.07) is 11.6. The number of amides is 1.